The highest BCUT2D eigenvalue weighted by Crippen LogP contribution is 2.16. The second kappa shape index (κ2) is 6.07. The molecule has 0 radical (unpaired) electrons. The number of hydrogen-bond donors (Lipinski definition) is 2. The summed E-state index contributed by atoms with van der Waals surface area (Å²) in [5.74, 6) is 0.603. The van der Waals surface area contributed by atoms with E-state index in [-0.39, 0.29) is 5.91 Å². The minimum absolute atomic E-state index is 0.0469. The Morgan fingerprint density at radius 1 is 1.56 bits per heavy atom. The number of amides is 1. The van der Waals surface area contributed by atoms with Gasteiger partial charge in [-0.3, -0.25) is 9.78 Å². The largest absolute Gasteiger partial charge is 0.491 e. The molecule has 0 aliphatic rings. The monoisotopic (exact) mass is 223 g/mol. The summed E-state index contributed by atoms with van der Waals surface area (Å²) in [7, 11) is 1.60. The fourth-order valence-electron chi connectivity index (χ4n) is 1.25. The van der Waals surface area contributed by atoms with E-state index in [1.807, 2.05) is 19.1 Å². The first kappa shape index (κ1) is 12.4. The maximum absolute atomic E-state index is 11.0. The van der Waals surface area contributed by atoms with Crippen molar-refractivity contribution in [3.63, 3.8) is 0 Å². The van der Waals surface area contributed by atoms with Crippen LogP contribution in [0.2, 0.25) is 0 Å². The second-order valence-corrected chi connectivity index (χ2v) is 3.37. The number of nitrogens with two attached hydrogens (primary N) is 1. The van der Waals surface area contributed by atoms with Gasteiger partial charge in [0.1, 0.15) is 5.75 Å². The van der Waals surface area contributed by atoms with Crippen LogP contribution in [0.1, 0.15) is 17.8 Å². The molecule has 0 unspecified atom stereocenters. The van der Waals surface area contributed by atoms with Crippen LogP contribution in [0.15, 0.2) is 12.1 Å². The maximum atomic E-state index is 11.0. The molecule has 0 atom stereocenters. The van der Waals surface area contributed by atoms with Crippen LogP contribution < -0.4 is 15.8 Å². The van der Waals surface area contributed by atoms with E-state index < -0.39 is 0 Å². The molecule has 0 bridgehead atoms. The van der Waals surface area contributed by atoms with E-state index in [0.717, 1.165) is 11.4 Å². The van der Waals surface area contributed by atoms with Crippen LogP contribution in [0.25, 0.3) is 0 Å². The van der Waals surface area contributed by atoms with E-state index in [9.17, 15) is 4.79 Å². The van der Waals surface area contributed by atoms with Crippen molar-refractivity contribution in [1.82, 2.24) is 10.3 Å². The van der Waals surface area contributed by atoms with Crippen LogP contribution in [0, 0.1) is 6.92 Å². The first-order valence-electron chi connectivity index (χ1n) is 5.17. The summed E-state index contributed by atoms with van der Waals surface area (Å²) < 4.78 is 5.45. The molecule has 88 valence electrons. The van der Waals surface area contributed by atoms with E-state index in [0.29, 0.717) is 25.3 Å². The summed E-state index contributed by atoms with van der Waals surface area (Å²) in [5.41, 5.74) is 7.18. The Balaban J connectivity index is 2.56. The Kier molecular flexibility index (Phi) is 4.72. The molecule has 1 amide bonds. The van der Waals surface area contributed by atoms with Crippen molar-refractivity contribution < 1.29 is 9.53 Å². The SMILES string of the molecule is CNC(=O)CCOc1ccc(C)nc1CN. The number of ether oxygens (including phenoxy) is 1. The number of rotatable bonds is 5. The van der Waals surface area contributed by atoms with E-state index in [1.54, 1.807) is 7.05 Å². The highest BCUT2D eigenvalue weighted by Gasteiger charge is 2.05. The summed E-state index contributed by atoms with van der Waals surface area (Å²) in [6.45, 7) is 2.56. The topological polar surface area (TPSA) is 77.2 Å². The van der Waals surface area contributed by atoms with Gasteiger partial charge in [-0.05, 0) is 19.1 Å². The van der Waals surface area contributed by atoms with Gasteiger partial charge in [0.2, 0.25) is 5.91 Å². The fraction of sp³-hybridized carbons (Fsp3) is 0.455. The van der Waals surface area contributed by atoms with Gasteiger partial charge >= 0.3 is 0 Å². The molecule has 0 aromatic carbocycles. The molecule has 5 nitrogen and oxygen atoms in total. The van der Waals surface area contributed by atoms with Gasteiger partial charge in [-0.1, -0.05) is 0 Å². The van der Waals surface area contributed by atoms with Crippen molar-refractivity contribution in [2.45, 2.75) is 19.9 Å². The van der Waals surface area contributed by atoms with Crippen LogP contribution in [-0.4, -0.2) is 24.5 Å². The predicted octanol–water partition coefficient (Wildman–Crippen LogP) is 0.364. The molecule has 0 fully saturated rings. The molecule has 1 aromatic rings. The Morgan fingerprint density at radius 2 is 2.31 bits per heavy atom. The second-order valence-electron chi connectivity index (χ2n) is 3.37. The average molecular weight is 223 g/mol. The minimum atomic E-state index is -0.0469. The number of carbonyl (C=O) groups excluding carboxylic acids is 1. The van der Waals surface area contributed by atoms with E-state index in [4.69, 9.17) is 10.5 Å². The number of hydrogen-bond acceptors (Lipinski definition) is 4. The standard InChI is InChI=1S/C11H17N3O2/c1-8-3-4-10(9(7-12)14-8)16-6-5-11(15)13-2/h3-4H,5-7,12H2,1-2H3,(H,13,15). The number of nitrogens with zero attached hydrogens (tertiary/aromatic N) is 1. The molecule has 16 heavy (non-hydrogen) atoms. The smallest absolute Gasteiger partial charge is 0.223 e. The Hall–Kier alpha value is -1.62. The molecule has 0 aliphatic heterocycles. The van der Waals surface area contributed by atoms with Crippen molar-refractivity contribution in [1.29, 1.82) is 0 Å². The summed E-state index contributed by atoms with van der Waals surface area (Å²) in [6.07, 6.45) is 0.328. The number of aromatic nitrogens is 1. The fourth-order valence-corrected chi connectivity index (χ4v) is 1.25. The lowest BCUT2D eigenvalue weighted by molar-refractivity contribution is -0.121. The number of nitrogens with one attached hydrogen (secondary N) is 1. The van der Waals surface area contributed by atoms with Crippen molar-refractivity contribution >= 4 is 5.91 Å². The van der Waals surface area contributed by atoms with Crippen LogP contribution >= 0.6 is 0 Å². The normalized spacial score (nSPS) is 9.94. The van der Waals surface area contributed by atoms with Gasteiger partial charge in [-0.2, -0.15) is 0 Å². The summed E-state index contributed by atoms with van der Waals surface area (Å²) in [5, 5.41) is 2.53. The van der Waals surface area contributed by atoms with Crippen LogP contribution in [0.5, 0.6) is 5.75 Å². The van der Waals surface area contributed by atoms with Crippen LogP contribution in [0.4, 0.5) is 0 Å². The zero-order valence-electron chi connectivity index (χ0n) is 9.62. The average Bonchev–Trinajstić information content (AvgIpc) is 2.30. The number of pyridine rings is 1. The summed E-state index contributed by atoms with van der Waals surface area (Å²) in [6, 6.07) is 3.68. The van der Waals surface area contributed by atoms with E-state index in [1.165, 1.54) is 0 Å². The Morgan fingerprint density at radius 3 is 2.94 bits per heavy atom. The van der Waals surface area contributed by atoms with Crippen LogP contribution in [-0.2, 0) is 11.3 Å². The van der Waals surface area contributed by atoms with Gasteiger partial charge < -0.3 is 15.8 Å². The maximum Gasteiger partial charge on any atom is 0.223 e. The minimum Gasteiger partial charge on any atom is -0.491 e. The lowest BCUT2D eigenvalue weighted by Gasteiger charge is -2.09. The zero-order valence-corrected chi connectivity index (χ0v) is 9.62. The van der Waals surface area contributed by atoms with Gasteiger partial charge in [0, 0.05) is 19.3 Å². The van der Waals surface area contributed by atoms with Crippen molar-refractivity contribution in [2.24, 2.45) is 5.73 Å². The first-order chi connectivity index (χ1) is 7.67. The third-order valence-electron chi connectivity index (χ3n) is 2.13. The number of aryl methyl sites for hydroxylation is 1. The molecular weight excluding hydrogens is 206 g/mol. The lowest BCUT2D eigenvalue weighted by atomic mass is 10.3. The van der Waals surface area contributed by atoms with E-state index in [2.05, 4.69) is 10.3 Å². The predicted molar refractivity (Wildman–Crippen MR) is 61.0 cm³/mol. The van der Waals surface area contributed by atoms with Gasteiger partial charge in [0.15, 0.2) is 0 Å². The quantitative estimate of drug-likeness (QED) is 0.755. The summed E-state index contributed by atoms with van der Waals surface area (Å²) >= 11 is 0. The van der Waals surface area contributed by atoms with Gasteiger partial charge in [-0.25, -0.2) is 0 Å². The lowest BCUT2D eigenvalue weighted by Crippen LogP contribution is -2.20. The highest BCUT2D eigenvalue weighted by atomic mass is 16.5. The molecule has 1 heterocycles. The number of carbonyl (C=O) groups is 1. The van der Waals surface area contributed by atoms with Gasteiger partial charge in [-0.15, -0.1) is 0 Å². The Labute approximate surface area is 95.0 Å². The van der Waals surface area contributed by atoms with Crippen LogP contribution in [0.3, 0.4) is 0 Å². The third kappa shape index (κ3) is 3.51. The molecule has 0 saturated heterocycles. The molecular formula is C11H17N3O2. The molecule has 1 aromatic heterocycles. The molecule has 1 rings (SSSR count). The van der Waals surface area contributed by atoms with E-state index >= 15 is 0 Å². The highest BCUT2D eigenvalue weighted by molar-refractivity contribution is 5.75. The molecule has 0 saturated carbocycles. The van der Waals surface area contributed by atoms with Crippen molar-refractivity contribution in [3.8, 4) is 5.75 Å². The molecule has 3 N–H and O–H groups in total. The molecule has 0 spiro atoms. The van der Waals surface area contributed by atoms with Crippen molar-refractivity contribution in [3.05, 3.63) is 23.5 Å². The molecule has 5 heteroatoms. The zero-order chi connectivity index (χ0) is 12.0. The summed E-state index contributed by atoms with van der Waals surface area (Å²) in [4.78, 5) is 15.2. The Bertz CT molecular complexity index is 366. The van der Waals surface area contributed by atoms with Gasteiger partial charge in [0.05, 0.1) is 18.7 Å². The van der Waals surface area contributed by atoms with Gasteiger partial charge in [0.25, 0.3) is 0 Å². The third-order valence-corrected chi connectivity index (χ3v) is 2.13. The molecule has 0 aliphatic carbocycles. The van der Waals surface area contributed by atoms with Crippen molar-refractivity contribution in [2.75, 3.05) is 13.7 Å². The first-order valence-corrected chi connectivity index (χ1v) is 5.17.